The molecule has 3 N–H and O–H groups in total. The first-order chi connectivity index (χ1) is 10.6. The van der Waals surface area contributed by atoms with Crippen LogP contribution in [0.3, 0.4) is 0 Å². The van der Waals surface area contributed by atoms with Crippen molar-refractivity contribution in [2.45, 2.75) is 38.3 Å². The number of carbonyl (C=O) groups excluding carboxylic acids is 1. The van der Waals surface area contributed by atoms with Crippen molar-refractivity contribution < 1.29 is 9.90 Å². The molecule has 0 aliphatic carbocycles. The van der Waals surface area contributed by atoms with Crippen LogP contribution in [0.15, 0.2) is 24.3 Å². The van der Waals surface area contributed by atoms with Crippen molar-refractivity contribution in [3.63, 3.8) is 0 Å². The van der Waals surface area contributed by atoms with Crippen LogP contribution in [0.1, 0.15) is 26.2 Å². The van der Waals surface area contributed by atoms with Gasteiger partial charge in [-0.15, -0.1) is 24.8 Å². The highest BCUT2D eigenvalue weighted by molar-refractivity contribution is 5.95. The lowest BCUT2D eigenvalue weighted by atomic mass is 9.99. The van der Waals surface area contributed by atoms with Gasteiger partial charge in [-0.3, -0.25) is 4.79 Å². The fourth-order valence-corrected chi connectivity index (χ4v) is 3.19. The summed E-state index contributed by atoms with van der Waals surface area (Å²) in [6.45, 7) is 4.95. The first-order valence-electron chi connectivity index (χ1n) is 8.19. The smallest absolute Gasteiger partial charge is 0.241 e. The van der Waals surface area contributed by atoms with Crippen LogP contribution in [-0.4, -0.2) is 42.8 Å². The number of aliphatic hydroxyl groups excluding tert-OH is 1. The van der Waals surface area contributed by atoms with Gasteiger partial charge in [-0.2, -0.15) is 0 Å². The van der Waals surface area contributed by atoms with Crippen molar-refractivity contribution in [1.29, 1.82) is 0 Å². The van der Waals surface area contributed by atoms with Gasteiger partial charge >= 0.3 is 0 Å². The fourth-order valence-electron chi connectivity index (χ4n) is 3.19. The Balaban J connectivity index is 0.00000144. The zero-order valence-corrected chi connectivity index (χ0v) is 15.5. The number of halogens is 2. The minimum Gasteiger partial charge on any atom is -0.392 e. The minimum atomic E-state index is -0.419. The lowest BCUT2D eigenvalue weighted by molar-refractivity contribution is -0.117. The van der Waals surface area contributed by atoms with Crippen molar-refractivity contribution in [3.05, 3.63) is 24.3 Å². The third kappa shape index (κ3) is 5.24. The number of hydrogen-bond donors (Lipinski definition) is 3. The third-order valence-electron chi connectivity index (χ3n) is 4.69. The van der Waals surface area contributed by atoms with Crippen molar-refractivity contribution >= 4 is 42.1 Å². The highest BCUT2D eigenvalue weighted by atomic mass is 35.5. The number of carbonyl (C=O) groups is 1. The predicted octanol–water partition coefficient (Wildman–Crippen LogP) is 2.43. The van der Waals surface area contributed by atoms with E-state index in [9.17, 15) is 9.90 Å². The van der Waals surface area contributed by atoms with Crippen molar-refractivity contribution in [2.24, 2.45) is 5.92 Å². The number of piperidine rings is 1. The molecular weight excluding hydrogens is 349 g/mol. The first-order valence-corrected chi connectivity index (χ1v) is 8.19. The molecule has 2 heterocycles. The van der Waals surface area contributed by atoms with Crippen LogP contribution in [-0.2, 0) is 4.79 Å². The number of hydrogen-bond acceptors (Lipinski definition) is 4. The van der Waals surface area contributed by atoms with Crippen molar-refractivity contribution in [3.8, 4) is 0 Å². The van der Waals surface area contributed by atoms with Crippen LogP contribution in [0.5, 0.6) is 0 Å². The second-order valence-corrected chi connectivity index (χ2v) is 6.56. The summed E-state index contributed by atoms with van der Waals surface area (Å²) in [6, 6.07) is 7.75. The van der Waals surface area contributed by atoms with Gasteiger partial charge in [0.15, 0.2) is 0 Å². The minimum absolute atomic E-state index is 0. The molecular formula is C17H27Cl2N3O2. The molecule has 1 aromatic carbocycles. The lowest BCUT2D eigenvalue weighted by Gasteiger charge is -2.32. The third-order valence-corrected chi connectivity index (χ3v) is 4.69. The number of β-amino-alcohol motifs (C(OH)–C–C–N with tert-alkyl or cyclic N) is 1. The Hall–Kier alpha value is -1.01. The molecule has 5 nitrogen and oxygen atoms in total. The zero-order chi connectivity index (χ0) is 15.5. The molecule has 24 heavy (non-hydrogen) atoms. The number of nitrogens with one attached hydrogen (secondary N) is 2. The standard InChI is InChI=1S/C17H25N3O2.2ClH/c1-12-5-7-20(8-6-12)14-4-2-3-13(9-14)19-17(22)16-10-15(21)11-18-16;;/h2-4,9,12,15-16,18,21H,5-8,10-11H2,1H3,(H,19,22);2*1H. The van der Waals surface area contributed by atoms with Crippen LogP contribution in [0.2, 0.25) is 0 Å². The summed E-state index contributed by atoms with van der Waals surface area (Å²) in [5.41, 5.74) is 1.99. The van der Waals surface area contributed by atoms with E-state index >= 15 is 0 Å². The Morgan fingerprint density at radius 2 is 2.00 bits per heavy atom. The predicted molar refractivity (Wildman–Crippen MR) is 103 cm³/mol. The molecule has 1 aromatic rings. The molecule has 0 radical (unpaired) electrons. The van der Waals surface area contributed by atoms with E-state index in [1.807, 2.05) is 18.2 Å². The normalized spacial score (nSPS) is 24.0. The monoisotopic (exact) mass is 375 g/mol. The van der Waals surface area contributed by atoms with Gasteiger partial charge in [0.05, 0.1) is 12.1 Å². The number of nitrogens with zero attached hydrogens (tertiary/aromatic N) is 1. The quantitative estimate of drug-likeness (QED) is 0.758. The summed E-state index contributed by atoms with van der Waals surface area (Å²) in [7, 11) is 0. The summed E-state index contributed by atoms with van der Waals surface area (Å²) in [4.78, 5) is 14.6. The molecule has 3 rings (SSSR count). The molecule has 0 aromatic heterocycles. The Morgan fingerprint density at radius 3 is 2.62 bits per heavy atom. The number of aliphatic hydroxyl groups is 1. The summed E-state index contributed by atoms with van der Waals surface area (Å²) in [6.07, 6.45) is 2.51. The topological polar surface area (TPSA) is 64.6 Å². The molecule has 0 saturated carbocycles. The molecule has 2 atom stereocenters. The summed E-state index contributed by atoms with van der Waals surface area (Å²) in [5.74, 6) is 0.736. The zero-order valence-electron chi connectivity index (χ0n) is 13.9. The van der Waals surface area contributed by atoms with Gasteiger partial charge < -0.3 is 20.6 Å². The van der Waals surface area contributed by atoms with E-state index in [-0.39, 0.29) is 36.8 Å². The Morgan fingerprint density at radius 1 is 1.29 bits per heavy atom. The van der Waals surface area contributed by atoms with E-state index in [1.165, 1.54) is 18.5 Å². The highest BCUT2D eigenvalue weighted by Crippen LogP contribution is 2.25. The van der Waals surface area contributed by atoms with Gasteiger partial charge in [0.25, 0.3) is 0 Å². The Labute approximate surface area is 156 Å². The van der Waals surface area contributed by atoms with Gasteiger partial charge in [-0.1, -0.05) is 13.0 Å². The fraction of sp³-hybridized carbons (Fsp3) is 0.588. The van der Waals surface area contributed by atoms with Crippen LogP contribution in [0, 0.1) is 5.92 Å². The number of amides is 1. The second-order valence-electron chi connectivity index (χ2n) is 6.56. The molecule has 2 aliphatic rings. The SMILES string of the molecule is CC1CCN(c2cccc(NC(=O)C3CC(O)CN3)c2)CC1.Cl.Cl. The van der Waals surface area contributed by atoms with Gasteiger partial charge in [-0.05, 0) is 43.4 Å². The molecule has 1 amide bonds. The number of rotatable bonds is 3. The Kier molecular flexibility index (Phi) is 8.30. The van der Waals surface area contributed by atoms with Crippen LogP contribution >= 0.6 is 24.8 Å². The largest absolute Gasteiger partial charge is 0.392 e. The van der Waals surface area contributed by atoms with Gasteiger partial charge in [-0.25, -0.2) is 0 Å². The van der Waals surface area contributed by atoms with E-state index in [0.717, 1.165) is 24.7 Å². The maximum Gasteiger partial charge on any atom is 0.241 e. The number of anilines is 2. The van der Waals surface area contributed by atoms with Gasteiger partial charge in [0.1, 0.15) is 0 Å². The van der Waals surface area contributed by atoms with Gasteiger partial charge in [0, 0.05) is 31.0 Å². The van der Waals surface area contributed by atoms with E-state index in [1.54, 1.807) is 0 Å². The maximum atomic E-state index is 12.2. The van der Waals surface area contributed by atoms with E-state index < -0.39 is 6.10 Å². The van der Waals surface area contributed by atoms with Crippen molar-refractivity contribution in [1.82, 2.24) is 5.32 Å². The highest BCUT2D eigenvalue weighted by Gasteiger charge is 2.28. The van der Waals surface area contributed by atoms with Crippen LogP contribution in [0.25, 0.3) is 0 Å². The summed E-state index contributed by atoms with van der Waals surface area (Å²) >= 11 is 0. The Bertz CT molecular complexity index is 536. The summed E-state index contributed by atoms with van der Waals surface area (Å²) in [5, 5.41) is 15.5. The number of benzene rings is 1. The maximum absolute atomic E-state index is 12.2. The first kappa shape index (κ1) is 21.0. The average molecular weight is 376 g/mol. The molecule has 136 valence electrons. The molecule has 2 saturated heterocycles. The molecule has 7 heteroatoms. The average Bonchev–Trinajstić information content (AvgIpc) is 2.95. The second kappa shape index (κ2) is 9.47. The van der Waals surface area contributed by atoms with Crippen molar-refractivity contribution in [2.75, 3.05) is 29.9 Å². The van der Waals surface area contributed by atoms with E-state index in [2.05, 4.69) is 28.5 Å². The molecule has 2 fully saturated rings. The molecule has 2 unspecified atom stereocenters. The molecule has 2 aliphatic heterocycles. The molecule has 0 spiro atoms. The van der Waals surface area contributed by atoms with Crippen LogP contribution in [0.4, 0.5) is 11.4 Å². The lowest BCUT2D eigenvalue weighted by Crippen LogP contribution is -2.35. The summed E-state index contributed by atoms with van der Waals surface area (Å²) < 4.78 is 0. The van der Waals surface area contributed by atoms with Gasteiger partial charge in [0.2, 0.25) is 5.91 Å². The molecule has 0 bridgehead atoms. The van der Waals surface area contributed by atoms with E-state index in [0.29, 0.717) is 13.0 Å². The van der Waals surface area contributed by atoms with E-state index in [4.69, 9.17) is 0 Å². The van der Waals surface area contributed by atoms with Crippen LogP contribution < -0.4 is 15.5 Å².